The Balaban J connectivity index is 1.27. The molecule has 0 spiro atoms. The van der Waals surface area contributed by atoms with Crippen molar-refractivity contribution in [3.8, 4) is 0 Å². The van der Waals surface area contributed by atoms with Crippen LogP contribution in [0.5, 0.6) is 0 Å². The Morgan fingerprint density at radius 1 is 1.19 bits per heavy atom. The van der Waals surface area contributed by atoms with E-state index in [1.54, 1.807) is 35.2 Å². The molecule has 7 nitrogen and oxygen atoms in total. The number of aryl methyl sites for hydroxylation is 1. The van der Waals surface area contributed by atoms with Crippen molar-refractivity contribution in [3.05, 3.63) is 53.6 Å². The molecule has 1 aliphatic heterocycles. The van der Waals surface area contributed by atoms with Gasteiger partial charge in [-0.15, -0.1) is 11.3 Å². The average Bonchev–Trinajstić information content (AvgIpc) is 3.20. The van der Waals surface area contributed by atoms with Gasteiger partial charge in [0.05, 0.1) is 30.0 Å². The van der Waals surface area contributed by atoms with Gasteiger partial charge in [-0.05, 0) is 43.7 Å². The van der Waals surface area contributed by atoms with Crippen molar-refractivity contribution < 1.29 is 19.1 Å². The smallest absolute Gasteiger partial charge is 0.251 e. The van der Waals surface area contributed by atoms with Gasteiger partial charge in [-0.25, -0.2) is 4.98 Å². The summed E-state index contributed by atoms with van der Waals surface area (Å²) in [5.74, 6) is 0.318. The minimum absolute atomic E-state index is 0.0973. The van der Waals surface area contributed by atoms with Gasteiger partial charge in [-0.1, -0.05) is 29.5 Å². The van der Waals surface area contributed by atoms with Crippen LogP contribution in [0.25, 0.3) is 10.2 Å². The molecule has 1 saturated heterocycles. The number of nitrogens with one attached hydrogen (secondary N) is 2. The second-order valence-corrected chi connectivity index (χ2v) is 9.80. The predicted octanol–water partition coefficient (Wildman–Crippen LogP) is 4.22. The lowest BCUT2D eigenvalue weighted by Gasteiger charge is -2.22. The number of anilines is 1. The van der Waals surface area contributed by atoms with Gasteiger partial charge in [0.2, 0.25) is 5.91 Å². The van der Waals surface area contributed by atoms with E-state index >= 15 is 0 Å². The van der Waals surface area contributed by atoms with E-state index in [2.05, 4.69) is 15.6 Å². The Bertz CT molecular complexity index is 1100. The number of thioether (sulfide) groups is 1. The zero-order valence-corrected chi connectivity index (χ0v) is 19.4. The lowest BCUT2D eigenvalue weighted by atomic mass is 10.1. The zero-order valence-electron chi connectivity index (χ0n) is 17.8. The maximum absolute atomic E-state index is 12.3. The molecule has 2 heterocycles. The summed E-state index contributed by atoms with van der Waals surface area (Å²) in [5.41, 5.74) is 3.11. The van der Waals surface area contributed by atoms with Crippen LogP contribution in [0.1, 0.15) is 28.8 Å². The second kappa shape index (κ2) is 10.9. The van der Waals surface area contributed by atoms with Gasteiger partial charge in [0.25, 0.3) is 5.91 Å². The van der Waals surface area contributed by atoms with Crippen LogP contribution in [0.2, 0.25) is 0 Å². The summed E-state index contributed by atoms with van der Waals surface area (Å²) in [6.45, 7) is 3.35. The first-order valence-electron chi connectivity index (χ1n) is 10.5. The van der Waals surface area contributed by atoms with Crippen molar-refractivity contribution >= 4 is 50.8 Å². The maximum Gasteiger partial charge on any atom is 0.251 e. The van der Waals surface area contributed by atoms with Crippen LogP contribution >= 0.6 is 23.1 Å². The normalized spacial score (nSPS) is 14.4. The van der Waals surface area contributed by atoms with E-state index in [0.29, 0.717) is 11.3 Å². The van der Waals surface area contributed by atoms with Crippen molar-refractivity contribution in [2.75, 3.05) is 30.8 Å². The van der Waals surface area contributed by atoms with Gasteiger partial charge in [0, 0.05) is 23.4 Å². The van der Waals surface area contributed by atoms with Crippen molar-refractivity contribution in [2.45, 2.75) is 30.4 Å². The van der Waals surface area contributed by atoms with Crippen molar-refractivity contribution in [3.63, 3.8) is 0 Å². The Kier molecular flexibility index (Phi) is 7.75. The lowest BCUT2D eigenvalue weighted by Crippen LogP contribution is -2.32. The summed E-state index contributed by atoms with van der Waals surface area (Å²) < 4.78 is 13.1. The molecule has 32 heavy (non-hydrogen) atoms. The molecule has 3 aromatic rings. The van der Waals surface area contributed by atoms with Crippen LogP contribution in [0.4, 0.5) is 5.69 Å². The summed E-state index contributed by atoms with van der Waals surface area (Å²) in [4.78, 5) is 29.1. The summed E-state index contributed by atoms with van der Waals surface area (Å²) >= 11 is 3.27. The molecule has 0 unspecified atom stereocenters. The Labute approximate surface area is 194 Å². The Hall–Kier alpha value is -2.46. The number of nitrogens with zero attached hydrogens (tertiary/aromatic N) is 1. The number of carbonyl (C=O) groups excluding carboxylic acids is 2. The topological polar surface area (TPSA) is 89.6 Å². The highest BCUT2D eigenvalue weighted by Gasteiger charge is 2.15. The molecule has 168 valence electrons. The maximum atomic E-state index is 12.3. The number of carbonyl (C=O) groups is 2. The molecule has 4 rings (SSSR count). The van der Waals surface area contributed by atoms with Gasteiger partial charge in [0.1, 0.15) is 0 Å². The number of hydrogen-bond acceptors (Lipinski definition) is 7. The summed E-state index contributed by atoms with van der Waals surface area (Å²) in [6, 6.07) is 12.9. The summed E-state index contributed by atoms with van der Waals surface area (Å²) in [6.07, 6.45) is 1.68. The minimum Gasteiger partial charge on any atom is -0.353 e. The number of fused-ring (bicyclic) bond motifs is 1. The fraction of sp³-hybridized carbons (Fsp3) is 0.348. The molecular formula is C23H25N3O4S2. The third-order valence-corrected chi connectivity index (χ3v) is 7.01. The van der Waals surface area contributed by atoms with Crippen LogP contribution in [0.3, 0.4) is 0 Å². The molecule has 9 heteroatoms. The molecule has 0 aliphatic carbocycles. The van der Waals surface area contributed by atoms with E-state index in [1.807, 2.05) is 37.3 Å². The first-order valence-corrected chi connectivity index (χ1v) is 12.3. The molecule has 0 bridgehead atoms. The highest BCUT2D eigenvalue weighted by molar-refractivity contribution is 8.01. The average molecular weight is 472 g/mol. The van der Waals surface area contributed by atoms with E-state index in [1.165, 1.54) is 0 Å². The van der Waals surface area contributed by atoms with Crippen LogP contribution in [-0.4, -0.2) is 48.6 Å². The standard InChI is InChI=1S/C23H25N3O4S2/c1-15-4-2-5-16(12-15)22(28)24-14-20(27)25-17-6-7-18-19(13-17)32-23(26-18)31-11-8-21-29-9-3-10-30-21/h2,4-7,12-13,21H,3,8-11,14H2,1H3,(H,24,28)(H,25,27). The fourth-order valence-corrected chi connectivity index (χ4v) is 5.38. The van der Waals surface area contributed by atoms with Crippen LogP contribution in [0, 0.1) is 6.92 Å². The van der Waals surface area contributed by atoms with Crippen molar-refractivity contribution in [2.24, 2.45) is 0 Å². The Morgan fingerprint density at radius 2 is 2.03 bits per heavy atom. The number of ether oxygens (including phenoxy) is 2. The molecule has 1 fully saturated rings. The third kappa shape index (κ3) is 6.29. The molecule has 0 radical (unpaired) electrons. The third-order valence-electron chi connectivity index (χ3n) is 4.82. The van der Waals surface area contributed by atoms with Gasteiger partial charge in [-0.2, -0.15) is 0 Å². The predicted molar refractivity (Wildman–Crippen MR) is 127 cm³/mol. The minimum atomic E-state index is -0.281. The van der Waals surface area contributed by atoms with Gasteiger partial charge >= 0.3 is 0 Å². The highest BCUT2D eigenvalue weighted by atomic mass is 32.2. The summed E-state index contributed by atoms with van der Waals surface area (Å²) in [7, 11) is 0. The first kappa shape index (κ1) is 22.7. The quantitative estimate of drug-likeness (QED) is 0.478. The molecule has 2 N–H and O–H groups in total. The van der Waals surface area contributed by atoms with Crippen molar-refractivity contribution in [1.29, 1.82) is 0 Å². The number of benzene rings is 2. The molecular weight excluding hydrogens is 446 g/mol. The lowest BCUT2D eigenvalue weighted by molar-refractivity contribution is -0.178. The van der Waals surface area contributed by atoms with Crippen LogP contribution in [-0.2, 0) is 14.3 Å². The largest absolute Gasteiger partial charge is 0.353 e. The van der Waals surface area contributed by atoms with Gasteiger partial charge < -0.3 is 20.1 Å². The van der Waals surface area contributed by atoms with E-state index in [9.17, 15) is 9.59 Å². The monoisotopic (exact) mass is 471 g/mol. The number of rotatable bonds is 8. The van der Waals surface area contributed by atoms with Crippen molar-refractivity contribution in [1.82, 2.24) is 10.3 Å². The van der Waals surface area contributed by atoms with Gasteiger partial charge in [0.15, 0.2) is 10.6 Å². The second-order valence-electron chi connectivity index (χ2n) is 7.42. The molecule has 2 aromatic carbocycles. The molecule has 1 aliphatic rings. The number of amides is 2. The summed E-state index contributed by atoms with van der Waals surface area (Å²) in [5, 5.41) is 5.49. The SMILES string of the molecule is Cc1cccc(C(=O)NCC(=O)Nc2ccc3nc(SCCC4OCCCO4)sc3c2)c1. The zero-order chi connectivity index (χ0) is 22.3. The number of aromatic nitrogens is 1. The van der Waals surface area contributed by atoms with E-state index < -0.39 is 0 Å². The fourth-order valence-electron chi connectivity index (χ4n) is 3.24. The van der Waals surface area contributed by atoms with Gasteiger partial charge in [-0.3, -0.25) is 9.59 Å². The molecule has 1 aromatic heterocycles. The van der Waals surface area contributed by atoms with E-state index in [0.717, 1.165) is 51.9 Å². The van der Waals surface area contributed by atoms with E-state index in [-0.39, 0.29) is 24.6 Å². The molecule has 0 saturated carbocycles. The highest BCUT2D eigenvalue weighted by Crippen LogP contribution is 2.32. The van der Waals surface area contributed by atoms with E-state index in [4.69, 9.17) is 9.47 Å². The number of hydrogen-bond donors (Lipinski definition) is 2. The first-order chi connectivity index (χ1) is 15.6. The van der Waals surface area contributed by atoms with Crippen LogP contribution < -0.4 is 10.6 Å². The number of thiazole rings is 1. The molecule has 0 atom stereocenters. The van der Waals surface area contributed by atoms with Crippen LogP contribution in [0.15, 0.2) is 46.8 Å². The molecule has 2 amide bonds. The Morgan fingerprint density at radius 3 is 2.84 bits per heavy atom.